The van der Waals surface area contributed by atoms with Crippen molar-refractivity contribution < 1.29 is 37.8 Å². The third-order valence-corrected chi connectivity index (χ3v) is 13.7. The number of hydrazine groups is 1. The van der Waals surface area contributed by atoms with Gasteiger partial charge in [0.25, 0.3) is 0 Å². The number of ketones is 1. The van der Waals surface area contributed by atoms with Gasteiger partial charge in [0.15, 0.2) is 19.8 Å². The van der Waals surface area contributed by atoms with Crippen LogP contribution in [-0.4, -0.2) is 87.2 Å². The maximum atomic E-state index is 14.2. The molecular formula is C35H48N2O8Si. The van der Waals surface area contributed by atoms with Gasteiger partial charge >= 0.3 is 11.9 Å². The van der Waals surface area contributed by atoms with Crippen LogP contribution in [0.25, 0.3) is 0 Å². The summed E-state index contributed by atoms with van der Waals surface area (Å²) in [4.78, 5) is 40.5. The summed E-state index contributed by atoms with van der Waals surface area (Å²) >= 11 is 0. The molecule has 4 rings (SSSR count). The van der Waals surface area contributed by atoms with Crippen molar-refractivity contribution in [1.29, 1.82) is 0 Å². The lowest BCUT2D eigenvalue weighted by Gasteiger charge is -2.45. The second-order valence-electron chi connectivity index (χ2n) is 13.8. The summed E-state index contributed by atoms with van der Waals surface area (Å²) in [6.45, 7) is 14.9. The van der Waals surface area contributed by atoms with Crippen LogP contribution in [0.4, 0.5) is 0 Å². The van der Waals surface area contributed by atoms with Gasteiger partial charge in [-0.25, -0.2) is 9.59 Å². The van der Waals surface area contributed by atoms with Gasteiger partial charge in [0, 0.05) is 0 Å². The average Bonchev–Trinajstić information content (AvgIpc) is 3.46. The molecule has 2 heterocycles. The Hall–Kier alpha value is -3.35. The van der Waals surface area contributed by atoms with Crippen molar-refractivity contribution in [1.82, 2.24) is 10.0 Å². The van der Waals surface area contributed by atoms with Crippen molar-refractivity contribution in [2.45, 2.75) is 89.8 Å². The molecule has 0 aromatic heterocycles. The minimum atomic E-state index is -2.45. The van der Waals surface area contributed by atoms with Crippen molar-refractivity contribution in [3.05, 3.63) is 83.1 Å². The average molecular weight is 653 g/mol. The van der Waals surface area contributed by atoms with Crippen molar-refractivity contribution >= 4 is 26.0 Å². The Kier molecular flexibility index (Phi) is 10.9. The molecule has 2 aromatic rings. The quantitative estimate of drug-likeness (QED) is 0.216. The second kappa shape index (κ2) is 14.2. The van der Waals surface area contributed by atoms with Crippen LogP contribution in [0.5, 0.6) is 0 Å². The lowest BCUT2D eigenvalue weighted by atomic mass is 9.89. The number of methoxy groups -OCH3 is 2. The van der Waals surface area contributed by atoms with Crippen molar-refractivity contribution in [2.75, 3.05) is 27.4 Å². The highest BCUT2D eigenvalue weighted by atomic mass is 28.4. The summed E-state index contributed by atoms with van der Waals surface area (Å²) in [5.41, 5.74) is 0.903. The van der Waals surface area contributed by atoms with Gasteiger partial charge in [0.05, 0.1) is 57.8 Å². The van der Waals surface area contributed by atoms with Crippen LogP contribution in [0.15, 0.2) is 71.9 Å². The molecule has 2 aliphatic rings. The summed E-state index contributed by atoms with van der Waals surface area (Å²) in [7, 11) is 0.0617. The molecule has 0 unspecified atom stereocenters. The van der Waals surface area contributed by atoms with E-state index in [2.05, 4.69) is 33.9 Å². The number of ether oxygens (including phenoxy) is 4. The highest BCUT2D eigenvalue weighted by Gasteiger charge is 2.61. The van der Waals surface area contributed by atoms with E-state index >= 15 is 0 Å². The van der Waals surface area contributed by atoms with Gasteiger partial charge in [-0.2, -0.15) is 5.01 Å². The van der Waals surface area contributed by atoms with Gasteiger partial charge < -0.3 is 23.4 Å². The molecule has 46 heavy (non-hydrogen) atoms. The third-order valence-electron chi connectivity index (χ3n) is 9.22. The van der Waals surface area contributed by atoms with E-state index in [0.717, 1.165) is 11.1 Å². The number of rotatable bonds is 13. The largest absolute Gasteiger partial charge is 0.466 e. The number of esters is 2. The van der Waals surface area contributed by atoms with Crippen LogP contribution in [0.1, 0.15) is 45.7 Å². The van der Waals surface area contributed by atoms with E-state index in [9.17, 15) is 14.4 Å². The van der Waals surface area contributed by atoms with Crippen molar-refractivity contribution in [2.24, 2.45) is 0 Å². The normalized spacial score (nSPS) is 19.6. The molecule has 3 atom stereocenters. The Morgan fingerprint density at radius 3 is 1.98 bits per heavy atom. The zero-order valence-electron chi connectivity index (χ0n) is 28.5. The van der Waals surface area contributed by atoms with E-state index in [1.54, 1.807) is 18.9 Å². The van der Waals surface area contributed by atoms with E-state index in [-0.39, 0.29) is 41.9 Å². The van der Waals surface area contributed by atoms with E-state index in [0.29, 0.717) is 6.61 Å². The monoisotopic (exact) mass is 652 g/mol. The number of hydrogen-bond acceptors (Lipinski definition) is 10. The summed E-state index contributed by atoms with van der Waals surface area (Å²) < 4.78 is 30.3. The molecule has 250 valence electrons. The Balaban J connectivity index is 1.79. The zero-order valence-corrected chi connectivity index (χ0v) is 29.5. The SMILES string of the molecule is COC(=O)C1=C(C(=O)OC)C(C)(C)N2[C@@H]([C@H](OCc3ccccc3)[C@@H](COCc3ccccc3)O[Si](C)(C)C(C)(C)C)C(=O)CN12. The first-order chi connectivity index (χ1) is 21.6. The van der Waals surface area contributed by atoms with E-state index in [1.807, 2.05) is 60.7 Å². The second-order valence-corrected chi connectivity index (χ2v) is 18.5. The highest BCUT2D eigenvalue weighted by molar-refractivity contribution is 6.74. The molecule has 0 bridgehead atoms. The first-order valence-corrected chi connectivity index (χ1v) is 18.5. The summed E-state index contributed by atoms with van der Waals surface area (Å²) in [6, 6.07) is 18.7. The standard InChI is InChI=1S/C35H48N2O8Si/c1-34(2,3)46(8,9)45-27(23-43-21-24-16-12-10-13-17-24)31(44-22-25-18-14-11-15-19-25)29-26(38)20-36-30(33(40)42-7)28(32(39)41-6)35(4,5)37(29)36/h10-19,27,29,31H,20-23H2,1-9H3/t27-,29-,31-/m1/s1. The minimum Gasteiger partial charge on any atom is -0.466 e. The van der Waals surface area contributed by atoms with Gasteiger partial charge in [-0.05, 0) is 43.1 Å². The molecule has 1 fully saturated rings. The van der Waals surface area contributed by atoms with Crippen molar-refractivity contribution in [3.8, 4) is 0 Å². The summed E-state index contributed by atoms with van der Waals surface area (Å²) in [6.07, 6.45) is -1.50. The first kappa shape index (κ1) is 35.5. The van der Waals surface area contributed by atoms with Gasteiger partial charge in [0.2, 0.25) is 0 Å². The fraction of sp³-hybridized carbons (Fsp3) is 0.514. The van der Waals surface area contributed by atoms with Crippen LogP contribution in [0.2, 0.25) is 18.1 Å². The van der Waals surface area contributed by atoms with E-state index < -0.39 is 44.0 Å². The first-order valence-electron chi connectivity index (χ1n) is 15.6. The van der Waals surface area contributed by atoms with Gasteiger partial charge in [-0.15, -0.1) is 0 Å². The number of fused-ring (bicyclic) bond motifs is 1. The molecule has 0 radical (unpaired) electrons. The number of nitrogens with zero attached hydrogens (tertiary/aromatic N) is 2. The smallest absolute Gasteiger partial charge is 0.356 e. The molecule has 1 saturated heterocycles. The molecule has 11 heteroatoms. The van der Waals surface area contributed by atoms with E-state index in [4.69, 9.17) is 23.4 Å². The molecule has 2 aromatic carbocycles. The molecular weight excluding hydrogens is 604 g/mol. The molecule has 10 nitrogen and oxygen atoms in total. The molecule has 0 spiro atoms. The van der Waals surface area contributed by atoms with Gasteiger partial charge in [-0.1, -0.05) is 81.4 Å². The fourth-order valence-electron chi connectivity index (χ4n) is 5.84. The Labute approximate surface area is 273 Å². The summed E-state index contributed by atoms with van der Waals surface area (Å²) in [5, 5.41) is 3.16. The Morgan fingerprint density at radius 1 is 0.913 bits per heavy atom. The maximum Gasteiger partial charge on any atom is 0.356 e. The zero-order chi connectivity index (χ0) is 33.9. The van der Waals surface area contributed by atoms with Gasteiger partial charge in [0.1, 0.15) is 12.1 Å². The number of Topliss-reactive ketones (excluding diaryl/α,β-unsaturated/α-hetero) is 1. The van der Waals surface area contributed by atoms with Crippen molar-refractivity contribution in [3.63, 3.8) is 0 Å². The predicted molar refractivity (Wildman–Crippen MR) is 176 cm³/mol. The minimum absolute atomic E-state index is 0.0146. The predicted octanol–water partition coefficient (Wildman–Crippen LogP) is 5.04. The maximum absolute atomic E-state index is 14.2. The number of hydrogen-bond donors (Lipinski definition) is 0. The fourth-order valence-corrected chi connectivity index (χ4v) is 7.15. The topological polar surface area (TPSA) is 104 Å². The highest BCUT2D eigenvalue weighted by Crippen LogP contribution is 2.46. The third kappa shape index (κ3) is 7.29. The number of carbonyl (C=O) groups is 3. The Bertz CT molecular complexity index is 1420. The lowest BCUT2D eigenvalue weighted by molar-refractivity contribution is -0.152. The van der Waals surface area contributed by atoms with Crippen LogP contribution >= 0.6 is 0 Å². The number of carbonyl (C=O) groups excluding carboxylic acids is 3. The lowest BCUT2D eigenvalue weighted by Crippen LogP contribution is -2.60. The van der Waals surface area contributed by atoms with E-state index in [1.165, 1.54) is 19.2 Å². The van der Waals surface area contributed by atoms with Crippen LogP contribution in [-0.2, 0) is 51.0 Å². The Morgan fingerprint density at radius 2 is 1.46 bits per heavy atom. The molecule has 2 aliphatic heterocycles. The van der Waals surface area contributed by atoms with Crippen LogP contribution in [0.3, 0.4) is 0 Å². The summed E-state index contributed by atoms with van der Waals surface area (Å²) in [5.74, 6) is -1.58. The molecule has 0 aliphatic carbocycles. The molecule has 0 N–H and O–H groups in total. The van der Waals surface area contributed by atoms with Crippen LogP contribution < -0.4 is 0 Å². The molecule has 0 amide bonds. The van der Waals surface area contributed by atoms with Crippen LogP contribution in [0, 0.1) is 0 Å². The number of benzene rings is 2. The molecule has 0 saturated carbocycles. The van der Waals surface area contributed by atoms with Gasteiger partial charge in [-0.3, -0.25) is 9.80 Å².